The second-order valence-electron chi connectivity index (χ2n) is 4.51. The van der Waals surface area contributed by atoms with Crippen LogP contribution >= 0.6 is 11.8 Å². The van der Waals surface area contributed by atoms with E-state index < -0.39 is 0 Å². The Morgan fingerprint density at radius 1 is 1.50 bits per heavy atom. The average molecular weight is 237 g/mol. The number of rotatable bonds is 3. The normalized spacial score (nSPS) is 26.2. The van der Waals surface area contributed by atoms with Crippen molar-refractivity contribution in [2.45, 2.75) is 42.6 Å². The lowest BCUT2D eigenvalue weighted by Gasteiger charge is -2.30. The molecule has 3 heteroatoms. The second kappa shape index (κ2) is 5.21. The highest BCUT2D eigenvalue weighted by molar-refractivity contribution is 8.00. The molecule has 2 nitrogen and oxygen atoms in total. The lowest BCUT2D eigenvalue weighted by atomic mass is 10.0. The minimum absolute atomic E-state index is 0.281. The molecule has 88 valence electrons. The van der Waals surface area contributed by atoms with Gasteiger partial charge in [-0.3, -0.25) is 0 Å². The summed E-state index contributed by atoms with van der Waals surface area (Å²) in [6.07, 6.45) is 0.853. The zero-order valence-corrected chi connectivity index (χ0v) is 10.6. The van der Waals surface area contributed by atoms with Crippen LogP contribution in [0.15, 0.2) is 29.2 Å². The number of hydrogen-bond acceptors (Lipinski definition) is 3. The van der Waals surface area contributed by atoms with Crippen molar-refractivity contribution >= 4 is 11.8 Å². The summed E-state index contributed by atoms with van der Waals surface area (Å²) in [5.41, 5.74) is 1.38. The van der Waals surface area contributed by atoms with Crippen molar-refractivity contribution in [2.24, 2.45) is 0 Å². The van der Waals surface area contributed by atoms with Gasteiger partial charge in [0.05, 0.1) is 6.10 Å². The molecule has 2 N–H and O–H groups in total. The van der Waals surface area contributed by atoms with Crippen molar-refractivity contribution in [3.05, 3.63) is 29.8 Å². The Labute approximate surface area is 101 Å². The Morgan fingerprint density at radius 2 is 2.25 bits per heavy atom. The Kier molecular flexibility index (Phi) is 3.90. The van der Waals surface area contributed by atoms with Crippen molar-refractivity contribution in [3.63, 3.8) is 0 Å². The summed E-state index contributed by atoms with van der Waals surface area (Å²) in [6.45, 7) is 4.74. The predicted molar refractivity (Wildman–Crippen MR) is 68.8 cm³/mol. The third kappa shape index (κ3) is 2.78. The highest BCUT2D eigenvalue weighted by Crippen LogP contribution is 2.40. The maximum absolute atomic E-state index is 9.33. The van der Waals surface area contributed by atoms with Gasteiger partial charge < -0.3 is 10.4 Å². The third-order valence-corrected chi connectivity index (χ3v) is 4.07. The molecule has 2 rings (SSSR count). The molecule has 0 spiro atoms. The molecule has 0 bridgehead atoms. The van der Waals surface area contributed by atoms with Gasteiger partial charge in [-0.15, -0.1) is 11.8 Å². The van der Waals surface area contributed by atoms with Gasteiger partial charge >= 0.3 is 0 Å². The molecule has 16 heavy (non-hydrogen) atoms. The number of hydrogen-bond donors (Lipinski definition) is 2. The Morgan fingerprint density at radius 3 is 3.00 bits per heavy atom. The van der Waals surface area contributed by atoms with E-state index in [1.807, 2.05) is 18.7 Å². The monoisotopic (exact) mass is 237 g/mol. The molecule has 1 heterocycles. The van der Waals surface area contributed by atoms with Crippen LogP contribution in [0, 0.1) is 0 Å². The topological polar surface area (TPSA) is 32.3 Å². The van der Waals surface area contributed by atoms with Crippen molar-refractivity contribution in [1.82, 2.24) is 5.32 Å². The van der Waals surface area contributed by atoms with Crippen molar-refractivity contribution in [3.8, 4) is 0 Å². The minimum atomic E-state index is -0.281. The zero-order valence-electron chi connectivity index (χ0n) is 9.81. The molecule has 1 aliphatic rings. The van der Waals surface area contributed by atoms with Crippen LogP contribution in [0.1, 0.15) is 31.9 Å². The third-order valence-electron chi connectivity index (χ3n) is 2.85. The van der Waals surface area contributed by atoms with Crippen LogP contribution in [0.3, 0.4) is 0 Å². The molecule has 0 fully saturated rings. The van der Waals surface area contributed by atoms with Gasteiger partial charge in [0.25, 0.3) is 0 Å². The molecule has 0 saturated heterocycles. The molecular weight excluding hydrogens is 218 g/mol. The zero-order chi connectivity index (χ0) is 11.5. The summed E-state index contributed by atoms with van der Waals surface area (Å²) in [5, 5.41) is 13.4. The van der Waals surface area contributed by atoms with Crippen LogP contribution in [0.2, 0.25) is 0 Å². The van der Waals surface area contributed by atoms with E-state index in [0.717, 1.165) is 6.42 Å². The van der Waals surface area contributed by atoms with Crippen LogP contribution in [0.25, 0.3) is 0 Å². The number of aliphatic hydroxyl groups excluding tert-OH is 1. The first kappa shape index (κ1) is 12.0. The smallest absolute Gasteiger partial charge is 0.0636 e. The van der Waals surface area contributed by atoms with Crippen molar-refractivity contribution in [2.75, 3.05) is 6.54 Å². The molecular formula is C13H19NOS. The van der Waals surface area contributed by atoms with E-state index in [-0.39, 0.29) is 6.10 Å². The number of nitrogens with one attached hydrogen (secondary N) is 1. The predicted octanol–water partition coefficient (Wildman–Crippen LogP) is 2.58. The van der Waals surface area contributed by atoms with Crippen molar-refractivity contribution in [1.29, 1.82) is 0 Å². The average Bonchev–Trinajstić information content (AvgIpc) is 2.25. The molecule has 1 aromatic carbocycles. The second-order valence-corrected chi connectivity index (χ2v) is 5.99. The van der Waals surface area contributed by atoms with E-state index in [2.05, 4.69) is 36.5 Å². The van der Waals surface area contributed by atoms with Crippen LogP contribution in [0.5, 0.6) is 0 Å². The minimum Gasteiger partial charge on any atom is -0.392 e. The number of aliphatic hydroxyl groups is 1. The van der Waals surface area contributed by atoms with E-state index in [9.17, 15) is 5.11 Å². The van der Waals surface area contributed by atoms with Crippen LogP contribution in [0.4, 0.5) is 0 Å². The molecule has 2 unspecified atom stereocenters. The molecule has 1 aliphatic heterocycles. The summed E-state index contributed by atoms with van der Waals surface area (Å²) in [4.78, 5) is 1.38. The fourth-order valence-corrected chi connectivity index (χ4v) is 3.33. The fraction of sp³-hybridized carbons (Fsp3) is 0.538. The maximum atomic E-state index is 9.33. The van der Waals surface area contributed by atoms with Gasteiger partial charge in [-0.05, 0) is 25.0 Å². The van der Waals surface area contributed by atoms with Gasteiger partial charge in [0.1, 0.15) is 0 Å². The van der Waals surface area contributed by atoms with E-state index in [1.54, 1.807) is 0 Å². The molecule has 3 atom stereocenters. The van der Waals surface area contributed by atoms with Gasteiger partial charge in [-0.1, -0.05) is 25.1 Å². The summed E-state index contributed by atoms with van der Waals surface area (Å²) < 4.78 is 0. The molecule has 1 aromatic rings. The van der Waals surface area contributed by atoms with Crippen LogP contribution in [-0.4, -0.2) is 23.0 Å². The first-order chi connectivity index (χ1) is 7.66. The molecule has 0 saturated carbocycles. The first-order valence-corrected chi connectivity index (χ1v) is 6.72. The van der Waals surface area contributed by atoms with E-state index in [4.69, 9.17) is 0 Å². The van der Waals surface area contributed by atoms with Gasteiger partial charge in [0.15, 0.2) is 0 Å². The molecule has 0 amide bonds. The van der Waals surface area contributed by atoms with Gasteiger partial charge in [-0.2, -0.15) is 0 Å². The van der Waals surface area contributed by atoms with E-state index >= 15 is 0 Å². The Balaban J connectivity index is 2.13. The van der Waals surface area contributed by atoms with Gasteiger partial charge in [0.2, 0.25) is 0 Å². The lowest BCUT2D eigenvalue weighted by Crippen LogP contribution is -2.32. The summed E-state index contributed by atoms with van der Waals surface area (Å²) in [5.74, 6) is 0. The largest absolute Gasteiger partial charge is 0.392 e. The number of thioether (sulfide) groups is 1. The van der Waals surface area contributed by atoms with Crippen LogP contribution < -0.4 is 5.32 Å². The van der Waals surface area contributed by atoms with Gasteiger partial charge in [0, 0.05) is 22.7 Å². The Hall–Kier alpha value is -0.510. The van der Waals surface area contributed by atoms with E-state index in [0.29, 0.717) is 17.8 Å². The Bertz CT molecular complexity index is 354. The standard InChI is InChI=1S/C13H19NOS/c1-9(15)8-14-12-7-10(2)16-13-6-4-3-5-11(12)13/h3-6,9-10,12,14-15H,7-8H2,1-2H3/t9-,10?,12?/m1/s1. The fourth-order valence-electron chi connectivity index (χ4n) is 2.11. The molecule has 0 radical (unpaired) electrons. The van der Waals surface area contributed by atoms with E-state index in [1.165, 1.54) is 10.5 Å². The van der Waals surface area contributed by atoms with Crippen molar-refractivity contribution < 1.29 is 5.11 Å². The summed E-state index contributed by atoms with van der Waals surface area (Å²) in [7, 11) is 0. The summed E-state index contributed by atoms with van der Waals surface area (Å²) in [6, 6.07) is 8.95. The SMILES string of the molecule is CC1CC(NC[C@@H](C)O)c2ccccc2S1. The summed E-state index contributed by atoms with van der Waals surface area (Å²) >= 11 is 1.95. The molecule has 0 aromatic heterocycles. The maximum Gasteiger partial charge on any atom is 0.0636 e. The highest BCUT2D eigenvalue weighted by atomic mass is 32.2. The first-order valence-electron chi connectivity index (χ1n) is 5.84. The number of benzene rings is 1. The number of fused-ring (bicyclic) bond motifs is 1. The quantitative estimate of drug-likeness (QED) is 0.847. The highest BCUT2D eigenvalue weighted by Gasteiger charge is 2.24. The van der Waals surface area contributed by atoms with Crippen LogP contribution in [-0.2, 0) is 0 Å². The molecule has 0 aliphatic carbocycles. The lowest BCUT2D eigenvalue weighted by molar-refractivity contribution is 0.185. The van der Waals surface area contributed by atoms with Gasteiger partial charge in [-0.25, -0.2) is 0 Å².